The Labute approximate surface area is 179 Å². The quantitative estimate of drug-likeness (QED) is 0.617. The number of fused-ring (bicyclic) bond motifs is 2. The van der Waals surface area contributed by atoms with Crippen LogP contribution in [0.5, 0.6) is 5.75 Å². The van der Waals surface area contributed by atoms with Gasteiger partial charge >= 0.3 is 0 Å². The van der Waals surface area contributed by atoms with Crippen LogP contribution in [0.15, 0.2) is 47.3 Å². The first-order valence-electron chi connectivity index (χ1n) is 10.3. The molecular weight excluding hydrogens is 396 g/mol. The fourth-order valence-corrected chi connectivity index (χ4v) is 3.69. The molecule has 0 aliphatic carbocycles. The number of hydrogen-bond donors (Lipinski definition) is 2. The summed E-state index contributed by atoms with van der Waals surface area (Å²) in [4.78, 5) is 41.6. The third-order valence-electron chi connectivity index (χ3n) is 5.29. The van der Waals surface area contributed by atoms with Crippen molar-refractivity contribution < 1.29 is 14.3 Å². The number of ether oxygens (including phenoxy) is 1. The van der Waals surface area contributed by atoms with Crippen molar-refractivity contribution in [3.8, 4) is 5.75 Å². The van der Waals surface area contributed by atoms with Crippen LogP contribution in [0.3, 0.4) is 0 Å². The topological polar surface area (TPSA) is 102 Å². The average Bonchev–Trinajstić information content (AvgIpc) is 3.24. The summed E-state index contributed by atoms with van der Waals surface area (Å²) in [6.45, 7) is 4.54. The number of benzene rings is 2. The first-order valence-corrected chi connectivity index (χ1v) is 10.3. The van der Waals surface area contributed by atoms with Crippen LogP contribution in [-0.2, 0) is 17.8 Å². The maximum absolute atomic E-state index is 12.5. The van der Waals surface area contributed by atoms with Crippen molar-refractivity contribution in [2.75, 3.05) is 6.61 Å². The number of aromatic nitrogens is 2. The van der Waals surface area contributed by atoms with Gasteiger partial charge in [-0.3, -0.25) is 29.8 Å². The Morgan fingerprint density at radius 3 is 2.77 bits per heavy atom. The Hall–Kier alpha value is -3.68. The van der Waals surface area contributed by atoms with Crippen molar-refractivity contribution in [2.45, 2.75) is 39.2 Å². The Morgan fingerprint density at radius 2 is 1.97 bits per heavy atom. The van der Waals surface area contributed by atoms with E-state index < -0.39 is 11.8 Å². The molecule has 0 spiro atoms. The molecule has 0 atom stereocenters. The molecule has 2 N–H and O–H groups in total. The number of aryl methyl sites for hydroxylation is 1. The molecule has 2 aromatic carbocycles. The Kier molecular flexibility index (Phi) is 5.70. The molecule has 1 aliphatic heterocycles. The van der Waals surface area contributed by atoms with Gasteiger partial charge in [0.1, 0.15) is 11.6 Å². The maximum atomic E-state index is 12.5. The predicted molar refractivity (Wildman–Crippen MR) is 116 cm³/mol. The van der Waals surface area contributed by atoms with Crippen molar-refractivity contribution in [3.63, 3.8) is 0 Å². The van der Waals surface area contributed by atoms with Gasteiger partial charge in [-0.1, -0.05) is 32.0 Å². The number of hydrazine groups is 1. The van der Waals surface area contributed by atoms with E-state index in [0.29, 0.717) is 28.8 Å². The number of nitrogens with zero attached hydrogens (tertiary/aromatic N) is 2. The fourth-order valence-electron chi connectivity index (χ4n) is 3.69. The van der Waals surface area contributed by atoms with E-state index in [9.17, 15) is 14.4 Å². The Bertz CT molecular complexity index is 1220. The van der Waals surface area contributed by atoms with Crippen LogP contribution in [0.2, 0.25) is 0 Å². The lowest BCUT2D eigenvalue weighted by Gasteiger charge is -2.14. The summed E-state index contributed by atoms with van der Waals surface area (Å²) >= 11 is 0. The molecule has 1 aliphatic rings. The fraction of sp³-hybridized carbons (Fsp3) is 0.304. The highest BCUT2D eigenvalue weighted by molar-refractivity contribution is 5.98. The molecule has 0 saturated heterocycles. The lowest BCUT2D eigenvalue weighted by molar-refractivity contribution is -0.123. The van der Waals surface area contributed by atoms with Gasteiger partial charge in [0.15, 0.2) is 6.61 Å². The molecular formula is C23H24N4O4. The highest BCUT2D eigenvalue weighted by Gasteiger charge is 2.17. The van der Waals surface area contributed by atoms with E-state index >= 15 is 0 Å². The molecule has 2 heterocycles. The van der Waals surface area contributed by atoms with Crippen molar-refractivity contribution in [1.29, 1.82) is 0 Å². The highest BCUT2D eigenvalue weighted by Crippen LogP contribution is 2.25. The Balaban J connectivity index is 1.39. The van der Waals surface area contributed by atoms with Gasteiger partial charge in [0.05, 0.1) is 10.9 Å². The monoisotopic (exact) mass is 420 g/mol. The number of hydrogen-bond acceptors (Lipinski definition) is 5. The summed E-state index contributed by atoms with van der Waals surface area (Å²) in [6, 6.07) is 12.2. The number of carbonyl (C=O) groups is 2. The minimum absolute atomic E-state index is 0.0865. The second kappa shape index (κ2) is 8.59. The summed E-state index contributed by atoms with van der Waals surface area (Å²) in [7, 11) is 0. The number of nitrogens with one attached hydrogen (secondary N) is 2. The van der Waals surface area contributed by atoms with Crippen LogP contribution in [0, 0.1) is 0 Å². The number of para-hydroxylation sites is 1. The Morgan fingerprint density at radius 1 is 1.16 bits per heavy atom. The SMILES string of the molecule is CC(C)c1ccccc1OCC(=O)NNC(=O)c1ccc2c(=O)n3c(nc2c1)CCC3. The molecule has 160 valence electrons. The normalized spacial score (nSPS) is 12.6. The largest absolute Gasteiger partial charge is 0.483 e. The molecule has 31 heavy (non-hydrogen) atoms. The van der Waals surface area contributed by atoms with E-state index in [0.717, 1.165) is 24.2 Å². The molecule has 0 bridgehead atoms. The van der Waals surface area contributed by atoms with Gasteiger partial charge in [-0.2, -0.15) is 0 Å². The zero-order valence-corrected chi connectivity index (χ0v) is 17.5. The third kappa shape index (κ3) is 4.28. The minimum atomic E-state index is -0.500. The van der Waals surface area contributed by atoms with Gasteiger partial charge in [-0.25, -0.2) is 4.98 Å². The van der Waals surface area contributed by atoms with E-state index in [1.807, 2.05) is 38.1 Å². The van der Waals surface area contributed by atoms with Gasteiger partial charge in [0.25, 0.3) is 17.4 Å². The lowest BCUT2D eigenvalue weighted by atomic mass is 10.0. The van der Waals surface area contributed by atoms with Crippen LogP contribution in [0.1, 0.15) is 47.9 Å². The third-order valence-corrected chi connectivity index (χ3v) is 5.29. The summed E-state index contributed by atoms with van der Waals surface area (Å²) < 4.78 is 7.28. The molecule has 4 rings (SSSR count). The van der Waals surface area contributed by atoms with Crippen LogP contribution in [-0.4, -0.2) is 28.0 Å². The van der Waals surface area contributed by atoms with Crippen LogP contribution >= 0.6 is 0 Å². The molecule has 0 unspecified atom stereocenters. The predicted octanol–water partition coefficient (Wildman–Crippen LogP) is 2.31. The van der Waals surface area contributed by atoms with Gasteiger partial charge in [0, 0.05) is 18.5 Å². The first-order chi connectivity index (χ1) is 14.9. The van der Waals surface area contributed by atoms with E-state index in [1.54, 1.807) is 22.8 Å². The van der Waals surface area contributed by atoms with Crippen LogP contribution in [0.4, 0.5) is 0 Å². The molecule has 3 aromatic rings. The summed E-state index contributed by atoms with van der Waals surface area (Å²) in [5.41, 5.74) is 6.42. The highest BCUT2D eigenvalue weighted by atomic mass is 16.5. The molecule has 8 heteroatoms. The van der Waals surface area contributed by atoms with E-state index in [1.165, 1.54) is 0 Å². The second-order valence-corrected chi connectivity index (χ2v) is 7.80. The van der Waals surface area contributed by atoms with E-state index in [2.05, 4.69) is 15.8 Å². The standard InChI is InChI=1S/C23H24N4O4/c1-14(2)16-6-3-4-7-19(16)31-13-21(28)25-26-22(29)15-9-10-17-18(12-15)24-20-8-5-11-27(20)23(17)30/h3-4,6-7,9-10,12,14H,5,8,11,13H2,1-2H3,(H,25,28)(H,26,29). The van der Waals surface area contributed by atoms with Crippen LogP contribution in [0.25, 0.3) is 10.9 Å². The lowest BCUT2D eigenvalue weighted by Crippen LogP contribution is -2.43. The first kappa shape index (κ1) is 20.6. The van der Waals surface area contributed by atoms with Crippen molar-refractivity contribution in [2.24, 2.45) is 0 Å². The second-order valence-electron chi connectivity index (χ2n) is 7.80. The molecule has 8 nitrogen and oxygen atoms in total. The molecule has 0 fully saturated rings. The molecule has 0 saturated carbocycles. The molecule has 1 aromatic heterocycles. The summed E-state index contributed by atoms with van der Waals surface area (Å²) in [5.74, 6) is 0.650. The van der Waals surface area contributed by atoms with Crippen molar-refractivity contribution in [1.82, 2.24) is 20.4 Å². The van der Waals surface area contributed by atoms with Gasteiger partial charge in [-0.15, -0.1) is 0 Å². The van der Waals surface area contributed by atoms with Crippen LogP contribution < -0.4 is 21.1 Å². The van der Waals surface area contributed by atoms with E-state index in [4.69, 9.17) is 4.74 Å². The van der Waals surface area contributed by atoms with E-state index in [-0.39, 0.29) is 18.1 Å². The van der Waals surface area contributed by atoms with Crippen molar-refractivity contribution in [3.05, 3.63) is 69.8 Å². The average molecular weight is 420 g/mol. The minimum Gasteiger partial charge on any atom is -0.483 e. The van der Waals surface area contributed by atoms with Crippen molar-refractivity contribution >= 4 is 22.7 Å². The smallest absolute Gasteiger partial charge is 0.276 e. The zero-order valence-electron chi connectivity index (χ0n) is 17.5. The number of carbonyl (C=O) groups excluding carboxylic acids is 2. The van der Waals surface area contributed by atoms with Gasteiger partial charge in [-0.05, 0) is 42.2 Å². The molecule has 0 radical (unpaired) electrons. The zero-order chi connectivity index (χ0) is 22.0. The number of rotatable bonds is 5. The summed E-state index contributed by atoms with van der Waals surface area (Å²) in [6.07, 6.45) is 1.64. The van der Waals surface area contributed by atoms with Gasteiger partial charge < -0.3 is 4.74 Å². The number of amides is 2. The van der Waals surface area contributed by atoms with Gasteiger partial charge in [0.2, 0.25) is 0 Å². The summed E-state index contributed by atoms with van der Waals surface area (Å²) in [5, 5.41) is 0.475. The molecule has 2 amide bonds. The maximum Gasteiger partial charge on any atom is 0.276 e.